The molecule has 0 spiro atoms. The third kappa shape index (κ3) is 4.39. The number of sulfonamides is 1. The number of benzene rings is 3. The summed E-state index contributed by atoms with van der Waals surface area (Å²) in [7, 11) is -4.01. The molecule has 0 fully saturated rings. The molecule has 0 bridgehead atoms. The fourth-order valence-corrected chi connectivity index (χ4v) is 3.60. The lowest BCUT2D eigenvalue weighted by Gasteiger charge is -2.11. The maximum Gasteiger partial charge on any atom is 0.262 e. The summed E-state index contributed by atoms with van der Waals surface area (Å²) >= 11 is 0. The Balaban J connectivity index is 1.85. The molecule has 142 valence electrons. The number of para-hydroxylation sites is 1. The second-order valence-corrected chi connectivity index (χ2v) is 7.59. The lowest BCUT2D eigenvalue weighted by molar-refractivity contribution is 0.104. The SMILES string of the molecule is O=C(/C=C/c1cccc(NS(=O)(=O)c2cccc(O)c2)c1O)c1ccccc1. The summed E-state index contributed by atoms with van der Waals surface area (Å²) in [6.45, 7) is 0. The summed E-state index contributed by atoms with van der Waals surface area (Å²) < 4.78 is 27.2. The second-order valence-electron chi connectivity index (χ2n) is 5.91. The van der Waals surface area contributed by atoms with Crippen LogP contribution in [0, 0.1) is 0 Å². The van der Waals surface area contributed by atoms with Gasteiger partial charge in [0, 0.05) is 17.2 Å². The Morgan fingerprint density at radius 3 is 2.32 bits per heavy atom. The Bertz CT molecular complexity index is 1140. The van der Waals surface area contributed by atoms with Crippen LogP contribution in [0.3, 0.4) is 0 Å². The summed E-state index contributed by atoms with van der Waals surface area (Å²) in [5.74, 6) is -0.753. The predicted molar refractivity (Wildman–Crippen MR) is 107 cm³/mol. The topological polar surface area (TPSA) is 104 Å². The van der Waals surface area contributed by atoms with Gasteiger partial charge in [-0.05, 0) is 30.4 Å². The van der Waals surface area contributed by atoms with Crippen molar-refractivity contribution in [2.45, 2.75) is 4.90 Å². The van der Waals surface area contributed by atoms with Gasteiger partial charge in [-0.1, -0.05) is 48.5 Å². The molecule has 0 amide bonds. The van der Waals surface area contributed by atoms with E-state index in [0.29, 0.717) is 5.56 Å². The summed E-state index contributed by atoms with van der Waals surface area (Å²) in [4.78, 5) is 12.0. The first-order valence-electron chi connectivity index (χ1n) is 8.28. The number of carbonyl (C=O) groups is 1. The molecule has 0 saturated heterocycles. The quantitative estimate of drug-likeness (QED) is 0.335. The predicted octanol–water partition coefficient (Wildman–Crippen LogP) is 3.79. The number of ketones is 1. The molecule has 3 aromatic rings. The van der Waals surface area contributed by atoms with Gasteiger partial charge >= 0.3 is 0 Å². The van der Waals surface area contributed by atoms with E-state index in [1.165, 1.54) is 36.4 Å². The number of phenols is 2. The highest BCUT2D eigenvalue weighted by atomic mass is 32.2. The van der Waals surface area contributed by atoms with Crippen LogP contribution in [-0.2, 0) is 10.0 Å². The number of aromatic hydroxyl groups is 2. The molecule has 3 rings (SSSR count). The van der Waals surface area contributed by atoms with E-state index in [2.05, 4.69) is 4.72 Å². The van der Waals surface area contributed by atoms with Gasteiger partial charge in [0.25, 0.3) is 10.0 Å². The van der Waals surface area contributed by atoms with Crippen LogP contribution in [0.15, 0.2) is 83.8 Å². The molecule has 0 heterocycles. The molecule has 0 aromatic heterocycles. The summed E-state index contributed by atoms with van der Waals surface area (Å²) in [5.41, 5.74) is 0.733. The zero-order valence-electron chi connectivity index (χ0n) is 14.6. The molecule has 7 heteroatoms. The van der Waals surface area contributed by atoms with Gasteiger partial charge in [0.05, 0.1) is 10.6 Å². The van der Waals surface area contributed by atoms with Crippen molar-refractivity contribution in [1.29, 1.82) is 0 Å². The smallest absolute Gasteiger partial charge is 0.262 e. The van der Waals surface area contributed by atoms with Crippen LogP contribution in [0.1, 0.15) is 15.9 Å². The fourth-order valence-electron chi connectivity index (χ4n) is 2.50. The minimum Gasteiger partial charge on any atom is -0.508 e. The normalized spacial score (nSPS) is 11.4. The lowest BCUT2D eigenvalue weighted by Crippen LogP contribution is -2.13. The third-order valence-corrected chi connectivity index (χ3v) is 5.28. The summed E-state index contributed by atoms with van der Waals surface area (Å²) in [6.07, 6.45) is 2.72. The maximum absolute atomic E-state index is 12.5. The van der Waals surface area contributed by atoms with Crippen molar-refractivity contribution in [1.82, 2.24) is 0 Å². The van der Waals surface area contributed by atoms with Crippen LogP contribution in [-0.4, -0.2) is 24.4 Å². The number of phenolic OH excluding ortho intramolecular Hbond substituents is 2. The molecule has 0 radical (unpaired) electrons. The molecule has 0 aliphatic carbocycles. The molecule has 6 nitrogen and oxygen atoms in total. The lowest BCUT2D eigenvalue weighted by atomic mass is 10.1. The monoisotopic (exact) mass is 395 g/mol. The van der Waals surface area contributed by atoms with Crippen molar-refractivity contribution in [3.63, 3.8) is 0 Å². The number of rotatable bonds is 6. The highest BCUT2D eigenvalue weighted by Gasteiger charge is 2.17. The van der Waals surface area contributed by atoms with Gasteiger partial charge in [-0.3, -0.25) is 9.52 Å². The molecule has 0 atom stereocenters. The Labute approximate surface area is 162 Å². The van der Waals surface area contributed by atoms with Gasteiger partial charge in [0.15, 0.2) is 5.78 Å². The Morgan fingerprint density at radius 2 is 1.61 bits per heavy atom. The van der Waals surface area contributed by atoms with E-state index < -0.39 is 10.0 Å². The van der Waals surface area contributed by atoms with E-state index in [-0.39, 0.29) is 33.4 Å². The molecule has 0 saturated carbocycles. The van der Waals surface area contributed by atoms with Crippen LogP contribution in [0.2, 0.25) is 0 Å². The minimum atomic E-state index is -4.01. The van der Waals surface area contributed by atoms with Crippen LogP contribution in [0.25, 0.3) is 6.08 Å². The first kappa shape index (κ1) is 19.2. The molecule has 0 unspecified atom stereocenters. The van der Waals surface area contributed by atoms with E-state index >= 15 is 0 Å². The number of hydrogen-bond donors (Lipinski definition) is 3. The third-order valence-electron chi connectivity index (χ3n) is 3.91. The van der Waals surface area contributed by atoms with E-state index in [9.17, 15) is 23.4 Å². The molecule has 3 aromatic carbocycles. The van der Waals surface area contributed by atoms with Crippen molar-refractivity contribution < 1.29 is 23.4 Å². The number of allylic oxidation sites excluding steroid dienone is 1. The average Bonchev–Trinajstić information content (AvgIpc) is 2.69. The first-order valence-corrected chi connectivity index (χ1v) is 9.76. The van der Waals surface area contributed by atoms with Crippen LogP contribution in [0.4, 0.5) is 5.69 Å². The molecule has 0 aliphatic heterocycles. The van der Waals surface area contributed by atoms with Crippen molar-refractivity contribution in [3.05, 3.63) is 90.0 Å². The fraction of sp³-hybridized carbons (Fsp3) is 0. The highest BCUT2D eigenvalue weighted by molar-refractivity contribution is 7.92. The van der Waals surface area contributed by atoms with Crippen molar-refractivity contribution in [3.8, 4) is 11.5 Å². The average molecular weight is 395 g/mol. The van der Waals surface area contributed by atoms with Crippen molar-refractivity contribution in [2.24, 2.45) is 0 Å². The van der Waals surface area contributed by atoms with Crippen LogP contribution in [0.5, 0.6) is 11.5 Å². The van der Waals surface area contributed by atoms with E-state index in [1.807, 2.05) is 0 Å². The standard InChI is InChI=1S/C21H17NO5S/c23-17-9-5-10-18(14-17)28(26,27)22-19-11-4-8-16(21(19)25)12-13-20(24)15-6-2-1-3-7-15/h1-14,22-23,25H/b13-12+. The minimum absolute atomic E-state index is 0.0438. The number of carbonyl (C=O) groups excluding carboxylic acids is 1. The largest absolute Gasteiger partial charge is 0.508 e. The van der Waals surface area contributed by atoms with Gasteiger partial charge in [0.1, 0.15) is 11.5 Å². The summed E-state index contributed by atoms with van der Waals surface area (Å²) in [5, 5.41) is 19.9. The Morgan fingerprint density at radius 1 is 0.893 bits per heavy atom. The molecule has 28 heavy (non-hydrogen) atoms. The zero-order chi connectivity index (χ0) is 20.1. The Kier molecular flexibility index (Phi) is 5.47. The van der Waals surface area contributed by atoms with Gasteiger partial charge in [-0.2, -0.15) is 0 Å². The van der Waals surface area contributed by atoms with Gasteiger partial charge in [0.2, 0.25) is 0 Å². The van der Waals surface area contributed by atoms with Crippen molar-refractivity contribution >= 4 is 27.6 Å². The number of anilines is 1. The molecular weight excluding hydrogens is 378 g/mol. The first-order chi connectivity index (χ1) is 13.4. The molecule has 0 aliphatic rings. The highest BCUT2D eigenvalue weighted by Crippen LogP contribution is 2.31. The van der Waals surface area contributed by atoms with E-state index in [1.54, 1.807) is 42.5 Å². The van der Waals surface area contributed by atoms with E-state index in [0.717, 1.165) is 6.07 Å². The molecule has 3 N–H and O–H groups in total. The van der Waals surface area contributed by atoms with E-state index in [4.69, 9.17) is 0 Å². The van der Waals surface area contributed by atoms with Crippen LogP contribution < -0.4 is 4.72 Å². The molecular formula is C21H17NO5S. The summed E-state index contributed by atoms with van der Waals surface area (Å²) in [6, 6.07) is 18.3. The number of nitrogens with one attached hydrogen (secondary N) is 1. The van der Waals surface area contributed by atoms with Crippen LogP contribution >= 0.6 is 0 Å². The maximum atomic E-state index is 12.5. The Hall–Kier alpha value is -3.58. The van der Waals surface area contributed by atoms with Gasteiger partial charge in [-0.25, -0.2) is 8.42 Å². The van der Waals surface area contributed by atoms with Gasteiger partial charge in [-0.15, -0.1) is 0 Å². The zero-order valence-corrected chi connectivity index (χ0v) is 15.4. The second kappa shape index (κ2) is 7.98. The van der Waals surface area contributed by atoms with Gasteiger partial charge < -0.3 is 10.2 Å². The number of hydrogen-bond acceptors (Lipinski definition) is 5. The van der Waals surface area contributed by atoms with Crippen molar-refractivity contribution in [2.75, 3.05) is 4.72 Å².